The Labute approximate surface area is 151 Å². The highest BCUT2D eigenvalue weighted by molar-refractivity contribution is 5.54. The van der Waals surface area contributed by atoms with E-state index in [0.717, 1.165) is 54.1 Å². The Hall–Kier alpha value is -2.93. The van der Waals surface area contributed by atoms with Crippen molar-refractivity contribution in [3.63, 3.8) is 0 Å². The standard InChI is InChI=1S/C19H20N6O/c1-2-17-21-9-13(10-22-17)11-25-8-5-16-15(12-25)19(26)24-18(23-16)14-3-6-20-7-4-14/h3-4,6-7,9-10H,2,5,8,11-12H2,1H3,(H,23,24,26). The molecule has 3 aromatic rings. The van der Waals surface area contributed by atoms with Gasteiger partial charge in [-0.1, -0.05) is 6.92 Å². The lowest BCUT2D eigenvalue weighted by atomic mass is 10.1. The number of nitrogens with zero attached hydrogens (tertiary/aromatic N) is 5. The van der Waals surface area contributed by atoms with E-state index in [1.807, 2.05) is 31.5 Å². The molecule has 7 nitrogen and oxygen atoms in total. The summed E-state index contributed by atoms with van der Waals surface area (Å²) in [5, 5.41) is 0. The van der Waals surface area contributed by atoms with Crippen molar-refractivity contribution >= 4 is 0 Å². The van der Waals surface area contributed by atoms with Crippen LogP contribution in [0, 0.1) is 0 Å². The van der Waals surface area contributed by atoms with Gasteiger partial charge >= 0.3 is 0 Å². The first-order valence-corrected chi connectivity index (χ1v) is 8.77. The van der Waals surface area contributed by atoms with Crippen LogP contribution in [0.1, 0.15) is 29.6 Å². The number of pyridine rings is 1. The van der Waals surface area contributed by atoms with Crippen LogP contribution in [0.2, 0.25) is 0 Å². The molecule has 26 heavy (non-hydrogen) atoms. The van der Waals surface area contributed by atoms with Gasteiger partial charge in [0, 0.05) is 68.4 Å². The normalized spacial score (nSPS) is 14.2. The van der Waals surface area contributed by atoms with E-state index in [9.17, 15) is 4.79 Å². The monoisotopic (exact) mass is 348 g/mol. The van der Waals surface area contributed by atoms with Gasteiger partial charge in [-0.25, -0.2) is 15.0 Å². The van der Waals surface area contributed by atoms with Crippen LogP contribution < -0.4 is 5.56 Å². The number of fused-ring (bicyclic) bond motifs is 1. The summed E-state index contributed by atoms with van der Waals surface area (Å²) in [4.78, 5) is 35.1. The van der Waals surface area contributed by atoms with Crippen molar-refractivity contribution in [3.05, 3.63) is 69.9 Å². The fraction of sp³-hybridized carbons (Fsp3) is 0.316. The lowest BCUT2D eigenvalue weighted by molar-refractivity contribution is 0.241. The number of aromatic nitrogens is 5. The minimum absolute atomic E-state index is 0.0657. The Morgan fingerprint density at radius 3 is 2.69 bits per heavy atom. The van der Waals surface area contributed by atoms with Crippen molar-refractivity contribution in [2.75, 3.05) is 6.54 Å². The van der Waals surface area contributed by atoms with E-state index < -0.39 is 0 Å². The zero-order chi connectivity index (χ0) is 17.9. The minimum atomic E-state index is -0.0657. The third-order valence-corrected chi connectivity index (χ3v) is 4.58. The first-order chi connectivity index (χ1) is 12.7. The van der Waals surface area contributed by atoms with E-state index in [-0.39, 0.29) is 5.56 Å². The van der Waals surface area contributed by atoms with Gasteiger partial charge in [0.05, 0.1) is 11.3 Å². The summed E-state index contributed by atoms with van der Waals surface area (Å²) in [5.74, 6) is 1.45. The average Bonchev–Trinajstić information content (AvgIpc) is 2.69. The molecule has 0 radical (unpaired) electrons. The first kappa shape index (κ1) is 16.5. The lowest BCUT2D eigenvalue weighted by Crippen LogP contribution is -2.35. The third kappa shape index (κ3) is 3.39. The van der Waals surface area contributed by atoms with Crippen molar-refractivity contribution in [1.82, 2.24) is 29.8 Å². The second kappa shape index (κ2) is 7.13. The van der Waals surface area contributed by atoms with Crippen LogP contribution in [0.5, 0.6) is 0 Å². The number of aromatic amines is 1. The molecule has 0 bridgehead atoms. The van der Waals surface area contributed by atoms with E-state index in [0.29, 0.717) is 12.4 Å². The summed E-state index contributed by atoms with van der Waals surface area (Å²) in [6.45, 7) is 4.21. The Bertz CT molecular complexity index is 952. The minimum Gasteiger partial charge on any atom is -0.306 e. The highest BCUT2D eigenvalue weighted by atomic mass is 16.1. The Kier molecular flexibility index (Phi) is 4.53. The van der Waals surface area contributed by atoms with Gasteiger partial charge in [0.2, 0.25) is 0 Å². The molecule has 0 unspecified atom stereocenters. The van der Waals surface area contributed by atoms with Gasteiger partial charge < -0.3 is 4.98 Å². The SMILES string of the molecule is CCc1ncc(CN2CCc3nc(-c4ccncc4)[nH]c(=O)c3C2)cn1. The highest BCUT2D eigenvalue weighted by Crippen LogP contribution is 2.19. The predicted octanol–water partition coefficient (Wildman–Crippen LogP) is 1.74. The summed E-state index contributed by atoms with van der Waals surface area (Å²) in [6.07, 6.45) is 8.72. The maximum atomic E-state index is 12.6. The second-order valence-corrected chi connectivity index (χ2v) is 6.40. The van der Waals surface area contributed by atoms with Gasteiger partial charge in [0.25, 0.3) is 5.56 Å². The summed E-state index contributed by atoms with van der Waals surface area (Å²) in [5.41, 5.74) is 3.50. The van der Waals surface area contributed by atoms with Gasteiger partial charge in [0.1, 0.15) is 11.6 Å². The third-order valence-electron chi connectivity index (χ3n) is 4.58. The molecule has 4 heterocycles. The Morgan fingerprint density at radius 2 is 1.96 bits per heavy atom. The van der Waals surface area contributed by atoms with Crippen molar-refractivity contribution in [3.8, 4) is 11.4 Å². The summed E-state index contributed by atoms with van der Waals surface area (Å²) in [6, 6.07) is 3.69. The molecular formula is C19H20N6O. The van der Waals surface area contributed by atoms with Crippen molar-refractivity contribution in [1.29, 1.82) is 0 Å². The van der Waals surface area contributed by atoms with Crippen molar-refractivity contribution in [2.45, 2.75) is 32.9 Å². The molecule has 3 aromatic heterocycles. The van der Waals surface area contributed by atoms with Crippen LogP contribution in [0.4, 0.5) is 0 Å². The molecular weight excluding hydrogens is 328 g/mol. The van der Waals surface area contributed by atoms with Crippen LogP contribution in [-0.2, 0) is 25.9 Å². The molecule has 132 valence electrons. The number of aryl methyl sites for hydroxylation is 1. The molecule has 0 fully saturated rings. The summed E-state index contributed by atoms with van der Waals surface area (Å²) in [7, 11) is 0. The van der Waals surface area contributed by atoms with E-state index in [1.54, 1.807) is 12.4 Å². The fourth-order valence-corrected chi connectivity index (χ4v) is 3.17. The smallest absolute Gasteiger partial charge is 0.255 e. The van der Waals surface area contributed by atoms with Gasteiger partial charge in [-0.2, -0.15) is 0 Å². The average molecular weight is 348 g/mol. The van der Waals surface area contributed by atoms with Gasteiger partial charge in [0.15, 0.2) is 0 Å². The number of hydrogen-bond acceptors (Lipinski definition) is 6. The molecule has 0 amide bonds. The Balaban J connectivity index is 1.54. The maximum absolute atomic E-state index is 12.6. The lowest BCUT2D eigenvalue weighted by Gasteiger charge is -2.27. The number of H-pyrrole nitrogens is 1. The molecule has 0 aromatic carbocycles. The molecule has 0 atom stereocenters. The van der Waals surface area contributed by atoms with E-state index in [2.05, 4.69) is 29.8 Å². The molecule has 1 N–H and O–H groups in total. The van der Waals surface area contributed by atoms with Crippen LogP contribution >= 0.6 is 0 Å². The quantitative estimate of drug-likeness (QED) is 0.773. The zero-order valence-corrected chi connectivity index (χ0v) is 14.6. The van der Waals surface area contributed by atoms with Crippen molar-refractivity contribution < 1.29 is 0 Å². The van der Waals surface area contributed by atoms with Gasteiger partial charge in [-0.05, 0) is 12.1 Å². The van der Waals surface area contributed by atoms with Crippen LogP contribution in [0.3, 0.4) is 0 Å². The zero-order valence-electron chi connectivity index (χ0n) is 14.6. The summed E-state index contributed by atoms with van der Waals surface area (Å²) < 4.78 is 0. The Morgan fingerprint density at radius 1 is 1.19 bits per heavy atom. The molecule has 4 rings (SSSR count). The van der Waals surface area contributed by atoms with E-state index >= 15 is 0 Å². The van der Waals surface area contributed by atoms with Crippen molar-refractivity contribution in [2.24, 2.45) is 0 Å². The maximum Gasteiger partial charge on any atom is 0.255 e. The molecule has 0 saturated carbocycles. The molecule has 0 spiro atoms. The summed E-state index contributed by atoms with van der Waals surface area (Å²) >= 11 is 0. The molecule has 0 saturated heterocycles. The molecule has 0 aliphatic carbocycles. The second-order valence-electron chi connectivity index (χ2n) is 6.40. The number of hydrogen-bond donors (Lipinski definition) is 1. The van der Waals surface area contributed by atoms with Gasteiger partial charge in [-0.15, -0.1) is 0 Å². The van der Waals surface area contributed by atoms with Gasteiger partial charge in [-0.3, -0.25) is 14.7 Å². The largest absolute Gasteiger partial charge is 0.306 e. The van der Waals surface area contributed by atoms with E-state index in [4.69, 9.17) is 0 Å². The van der Waals surface area contributed by atoms with Crippen LogP contribution in [0.25, 0.3) is 11.4 Å². The molecule has 1 aliphatic heterocycles. The number of nitrogens with one attached hydrogen (secondary N) is 1. The topological polar surface area (TPSA) is 87.7 Å². The molecule has 7 heteroatoms. The first-order valence-electron chi connectivity index (χ1n) is 8.77. The predicted molar refractivity (Wildman–Crippen MR) is 97.3 cm³/mol. The number of rotatable bonds is 4. The highest BCUT2D eigenvalue weighted by Gasteiger charge is 2.21. The fourth-order valence-electron chi connectivity index (χ4n) is 3.17. The van der Waals surface area contributed by atoms with Crippen LogP contribution in [-0.4, -0.2) is 36.4 Å². The van der Waals surface area contributed by atoms with Crippen LogP contribution in [0.15, 0.2) is 41.7 Å². The molecule has 1 aliphatic rings. The van der Waals surface area contributed by atoms with E-state index in [1.165, 1.54) is 0 Å².